The molecule has 2 rings (SSSR count). The molecular formula is C15H28N4O. The van der Waals surface area contributed by atoms with Crippen LogP contribution in [0.5, 0.6) is 0 Å². The predicted octanol–water partition coefficient (Wildman–Crippen LogP) is 2.31. The molecule has 1 heterocycles. The fraction of sp³-hybridized carbons (Fsp3) is 0.800. The van der Waals surface area contributed by atoms with E-state index in [1.165, 1.54) is 6.42 Å². The lowest BCUT2D eigenvalue weighted by atomic mass is 9.78. The molecule has 20 heavy (non-hydrogen) atoms. The molecule has 0 aromatic carbocycles. The monoisotopic (exact) mass is 280 g/mol. The molecule has 5 heteroatoms. The van der Waals surface area contributed by atoms with Gasteiger partial charge in [-0.2, -0.15) is 5.10 Å². The Labute approximate surface area is 121 Å². The van der Waals surface area contributed by atoms with Crippen molar-refractivity contribution in [1.82, 2.24) is 9.78 Å². The van der Waals surface area contributed by atoms with Crippen LogP contribution in [0, 0.1) is 5.92 Å². The second kappa shape index (κ2) is 6.04. The van der Waals surface area contributed by atoms with E-state index in [4.69, 9.17) is 5.73 Å². The fourth-order valence-corrected chi connectivity index (χ4v) is 3.11. The van der Waals surface area contributed by atoms with Gasteiger partial charge in [-0.25, -0.2) is 0 Å². The molecule has 0 amide bonds. The molecule has 0 bridgehead atoms. The van der Waals surface area contributed by atoms with Gasteiger partial charge in [-0.05, 0) is 38.0 Å². The minimum absolute atomic E-state index is 0.552. The Morgan fingerprint density at radius 1 is 1.40 bits per heavy atom. The van der Waals surface area contributed by atoms with Gasteiger partial charge in [-0.15, -0.1) is 0 Å². The van der Waals surface area contributed by atoms with Crippen molar-refractivity contribution in [2.24, 2.45) is 13.0 Å². The minimum atomic E-state index is -0.602. The predicted molar refractivity (Wildman–Crippen MR) is 82.7 cm³/mol. The Kier molecular flexibility index (Phi) is 4.58. The number of hydrogen-bond acceptors (Lipinski definition) is 4. The van der Waals surface area contributed by atoms with Crippen molar-refractivity contribution >= 4 is 11.5 Å². The molecule has 1 fully saturated rings. The number of nitrogens with zero attached hydrogens (tertiary/aromatic N) is 2. The minimum Gasteiger partial charge on any atom is -0.394 e. The average Bonchev–Trinajstić information content (AvgIpc) is 2.72. The van der Waals surface area contributed by atoms with Gasteiger partial charge in [0.15, 0.2) is 0 Å². The van der Waals surface area contributed by atoms with E-state index in [9.17, 15) is 5.11 Å². The number of rotatable bonds is 5. The zero-order valence-electron chi connectivity index (χ0n) is 12.9. The van der Waals surface area contributed by atoms with Crippen LogP contribution in [0.4, 0.5) is 11.5 Å². The summed E-state index contributed by atoms with van der Waals surface area (Å²) >= 11 is 0. The van der Waals surface area contributed by atoms with Crippen LogP contribution >= 0.6 is 0 Å². The molecule has 1 saturated carbocycles. The maximum atomic E-state index is 10.7. The van der Waals surface area contributed by atoms with Crippen molar-refractivity contribution in [3.05, 3.63) is 5.69 Å². The maximum Gasteiger partial charge on any atom is 0.147 e. The van der Waals surface area contributed by atoms with E-state index in [2.05, 4.69) is 17.3 Å². The van der Waals surface area contributed by atoms with Crippen LogP contribution in [0.25, 0.3) is 0 Å². The number of nitrogen functional groups attached to an aromatic ring is 1. The zero-order valence-corrected chi connectivity index (χ0v) is 12.9. The van der Waals surface area contributed by atoms with E-state index in [-0.39, 0.29) is 0 Å². The first kappa shape index (κ1) is 15.2. The lowest BCUT2D eigenvalue weighted by Gasteiger charge is -2.36. The zero-order chi connectivity index (χ0) is 14.8. The van der Waals surface area contributed by atoms with E-state index in [1.807, 2.05) is 14.0 Å². The van der Waals surface area contributed by atoms with Crippen molar-refractivity contribution < 1.29 is 5.11 Å². The summed E-state index contributed by atoms with van der Waals surface area (Å²) < 4.78 is 1.77. The standard InChI is InChI=1S/C15H28N4O/c1-4-11-6-8-15(20,9-7-11)10-17-14-13(16)12(5-2)18-19(14)3/h11,17,20H,4-10,16H2,1-3H3. The highest BCUT2D eigenvalue weighted by Crippen LogP contribution is 2.34. The Morgan fingerprint density at radius 3 is 2.55 bits per heavy atom. The number of aryl methyl sites for hydroxylation is 2. The molecule has 114 valence electrons. The molecule has 1 aliphatic carbocycles. The molecule has 0 unspecified atom stereocenters. The third-order valence-electron chi connectivity index (χ3n) is 4.69. The smallest absolute Gasteiger partial charge is 0.147 e. The van der Waals surface area contributed by atoms with Gasteiger partial charge in [-0.3, -0.25) is 4.68 Å². The lowest BCUT2D eigenvalue weighted by Crippen LogP contribution is -2.40. The van der Waals surface area contributed by atoms with Gasteiger partial charge in [0.2, 0.25) is 0 Å². The summed E-state index contributed by atoms with van der Waals surface area (Å²) in [5, 5.41) is 18.4. The topological polar surface area (TPSA) is 76.1 Å². The van der Waals surface area contributed by atoms with Crippen molar-refractivity contribution in [1.29, 1.82) is 0 Å². The van der Waals surface area contributed by atoms with Crippen molar-refractivity contribution in [2.75, 3.05) is 17.6 Å². The largest absolute Gasteiger partial charge is 0.394 e. The number of aromatic nitrogens is 2. The Morgan fingerprint density at radius 2 is 2.05 bits per heavy atom. The molecule has 0 radical (unpaired) electrons. The van der Waals surface area contributed by atoms with Gasteiger partial charge < -0.3 is 16.2 Å². The second-order valence-electron chi connectivity index (χ2n) is 6.12. The molecule has 0 atom stereocenters. The molecule has 1 aliphatic rings. The number of nitrogens with two attached hydrogens (primary N) is 1. The van der Waals surface area contributed by atoms with Crippen molar-refractivity contribution in [3.63, 3.8) is 0 Å². The average molecular weight is 280 g/mol. The molecule has 4 N–H and O–H groups in total. The van der Waals surface area contributed by atoms with Gasteiger partial charge in [-0.1, -0.05) is 20.3 Å². The number of anilines is 2. The van der Waals surface area contributed by atoms with E-state index in [0.29, 0.717) is 12.2 Å². The highest BCUT2D eigenvalue weighted by atomic mass is 16.3. The van der Waals surface area contributed by atoms with Crippen LogP contribution in [0.15, 0.2) is 0 Å². The second-order valence-corrected chi connectivity index (χ2v) is 6.12. The highest BCUT2D eigenvalue weighted by Gasteiger charge is 2.32. The fourth-order valence-electron chi connectivity index (χ4n) is 3.11. The van der Waals surface area contributed by atoms with Gasteiger partial charge in [0.1, 0.15) is 5.82 Å². The van der Waals surface area contributed by atoms with E-state index in [1.54, 1.807) is 4.68 Å². The van der Waals surface area contributed by atoms with Crippen molar-refractivity contribution in [3.8, 4) is 0 Å². The van der Waals surface area contributed by atoms with Crippen LogP contribution in [0.1, 0.15) is 51.6 Å². The summed E-state index contributed by atoms with van der Waals surface area (Å²) in [6, 6.07) is 0. The molecule has 5 nitrogen and oxygen atoms in total. The molecular weight excluding hydrogens is 252 g/mol. The molecule has 0 spiro atoms. The molecule has 0 saturated heterocycles. The summed E-state index contributed by atoms with van der Waals surface area (Å²) in [5.41, 5.74) is 7.11. The Bertz CT molecular complexity index is 447. The summed E-state index contributed by atoms with van der Waals surface area (Å²) in [6.45, 7) is 4.83. The summed E-state index contributed by atoms with van der Waals surface area (Å²) in [4.78, 5) is 0. The first-order chi connectivity index (χ1) is 9.49. The maximum absolute atomic E-state index is 10.7. The first-order valence-corrected chi connectivity index (χ1v) is 7.76. The quantitative estimate of drug-likeness (QED) is 0.773. The number of hydrogen-bond donors (Lipinski definition) is 3. The van der Waals surface area contributed by atoms with E-state index < -0.39 is 5.60 Å². The van der Waals surface area contributed by atoms with Gasteiger partial charge in [0.05, 0.1) is 17.0 Å². The van der Waals surface area contributed by atoms with E-state index in [0.717, 1.165) is 49.5 Å². The van der Waals surface area contributed by atoms with Crippen molar-refractivity contribution in [2.45, 2.75) is 58.0 Å². The molecule has 0 aliphatic heterocycles. The molecule has 1 aromatic heterocycles. The third-order valence-corrected chi connectivity index (χ3v) is 4.69. The summed E-state index contributed by atoms with van der Waals surface area (Å²) in [5.74, 6) is 1.61. The number of aliphatic hydroxyl groups is 1. The molecule has 1 aromatic rings. The van der Waals surface area contributed by atoms with Crippen LogP contribution < -0.4 is 11.1 Å². The SMILES string of the molecule is CCc1nn(C)c(NCC2(O)CCC(CC)CC2)c1N. The normalized spacial score (nSPS) is 26.7. The Balaban J connectivity index is 1.97. The van der Waals surface area contributed by atoms with Crippen LogP contribution in [-0.4, -0.2) is 27.0 Å². The van der Waals surface area contributed by atoms with Crippen LogP contribution in [0.2, 0.25) is 0 Å². The van der Waals surface area contributed by atoms with Crippen LogP contribution in [0.3, 0.4) is 0 Å². The lowest BCUT2D eigenvalue weighted by molar-refractivity contribution is 0.00220. The van der Waals surface area contributed by atoms with E-state index >= 15 is 0 Å². The summed E-state index contributed by atoms with van der Waals surface area (Å²) in [7, 11) is 1.88. The van der Waals surface area contributed by atoms with Gasteiger partial charge in [0, 0.05) is 13.6 Å². The first-order valence-electron chi connectivity index (χ1n) is 7.76. The summed E-state index contributed by atoms with van der Waals surface area (Å²) in [6.07, 6.45) is 6.03. The Hall–Kier alpha value is -1.23. The van der Waals surface area contributed by atoms with Crippen LogP contribution in [-0.2, 0) is 13.5 Å². The van der Waals surface area contributed by atoms with Gasteiger partial charge >= 0.3 is 0 Å². The van der Waals surface area contributed by atoms with Gasteiger partial charge in [0.25, 0.3) is 0 Å². The third kappa shape index (κ3) is 3.08. The number of nitrogens with one attached hydrogen (secondary N) is 1. The highest BCUT2D eigenvalue weighted by molar-refractivity contribution is 5.65.